The molecular formula is C4H6NO3. The van der Waals surface area contributed by atoms with Crippen LogP contribution in [-0.4, -0.2) is 17.0 Å². The number of hydrogen-bond acceptors (Lipinski definition) is 2. The Morgan fingerprint density at radius 1 is 1.88 bits per heavy atom. The van der Waals surface area contributed by atoms with E-state index in [0.717, 1.165) is 6.92 Å². The predicted octanol–water partition coefficient (Wildman–Crippen LogP) is -0.631. The van der Waals surface area contributed by atoms with Crippen molar-refractivity contribution in [2.45, 2.75) is 6.92 Å². The first kappa shape index (κ1) is 5.08. The fraction of sp³-hybridized carbons (Fsp3) is 0.250. The summed E-state index contributed by atoms with van der Waals surface area (Å²) in [5.74, 6) is -1.99. The highest BCUT2D eigenvalue weighted by atomic mass is 16.4. The molecule has 0 aromatic carbocycles. The van der Waals surface area contributed by atoms with E-state index in [9.17, 15) is 9.59 Å². The molecule has 0 aliphatic heterocycles. The van der Waals surface area contributed by atoms with Gasteiger partial charge in [0.2, 0.25) is 5.91 Å². The van der Waals surface area contributed by atoms with Crippen molar-refractivity contribution in [1.82, 2.24) is 5.32 Å². The van der Waals surface area contributed by atoms with E-state index in [-0.39, 0.29) is 0 Å². The average molecular weight is 117 g/mol. The molecule has 0 rings (SSSR count). The van der Waals surface area contributed by atoms with E-state index in [1.54, 1.807) is 5.32 Å². The second kappa shape index (κ2) is 3.01. The van der Waals surface area contributed by atoms with Crippen molar-refractivity contribution in [1.29, 1.82) is 0 Å². The van der Waals surface area contributed by atoms with E-state index >= 15 is 0 Å². The van der Waals surface area contributed by atoms with Gasteiger partial charge in [-0.25, -0.2) is 4.79 Å². The van der Waals surface area contributed by atoms with Crippen molar-refractivity contribution in [2.24, 2.45) is 0 Å². The van der Waals surface area contributed by atoms with Gasteiger partial charge in [-0.1, -0.05) is 0 Å². The molecule has 0 aromatic heterocycles. The largest absolute Gasteiger partial charge is 0.480 e. The number of nitrogens with one attached hydrogen (secondary N) is 1. The predicted molar refractivity (Wildman–Crippen MR) is 25.8 cm³/mol. The van der Waals surface area contributed by atoms with Crippen LogP contribution in [0.1, 0.15) is 8.29 Å². The van der Waals surface area contributed by atoms with Gasteiger partial charge in [0.25, 0.3) is 0 Å². The number of carbonyl (C=O) groups is 2. The van der Waals surface area contributed by atoms with Crippen LogP contribution in [0.5, 0.6) is 0 Å². The topological polar surface area (TPSA) is 66.4 Å². The van der Waals surface area contributed by atoms with E-state index in [0.29, 0.717) is 0 Å². The normalized spacial score (nSPS) is 10.5. The van der Waals surface area contributed by atoms with Crippen molar-refractivity contribution in [3.63, 3.8) is 0 Å². The molecule has 0 saturated heterocycles. The van der Waals surface area contributed by atoms with Crippen molar-refractivity contribution in [3.8, 4) is 0 Å². The van der Waals surface area contributed by atoms with E-state index in [1.807, 2.05) is 0 Å². The molecule has 4 heteroatoms. The Labute approximate surface area is 47.9 Å². The second-order valence-corrected chi connectivity index (χ2v) is 1.11. The fourth-order valence-corrected chi connectivity index (χ4v) is 0.141. The molecule has 0 aromatic rings. The number of hydrogen-bond donors (Lipinski definition) is 2. The van der Waals surface area contributed by atoms with Crippen molar-refractivity contribution < 1.29 is 16.1 Å². The standard InChI is InChI=1S/C4H6NO3/c1-3(6)5-2-4(7)8/h2H,1H3,(H,5,6)(H,7,8)/i2D. The zero-order valence-corrected chi connectivity index (χ0v) is 4.26. The van der Waals surface area contributed by atoms with Gasteiger partial charge in [-0.15, -0.1) is 0 Å². The molecule has 0 unspecified atom stereocenters. The lowest BCUT2D eigenvalue weighted by Crippen LogP contribution is -2.20. The summed E-state index contributed by atoms with van der Waals surface area (Å²) < 4.78 is 6.54. The zero-order chi connectivity index (χ0) is 7.44. The van der Waals surface area contributed by atoms with Crippen LogP contribution in [-0.2, 0) is 9.59 Å². The van der Waals surface area contributed by atoms with Gasteiger partial charge in [0.05, 0.1) is 1.37 Å². The maximum absolute atomic E-state index is 10.0. The number of rotatable bonds is 2. The molecule has 4 nitrogen and oxygen atoms in total. The highest BCUT2D eigenvalue weighted by Crippen LogP contribution is 1.67. The summed E-state index contributed by atoms with van der Waals surface area (Å²) in [7, 11) is 0. The molecule has 0 saturated carbocycles. The van der Waals surface area contributed by atoms with Gasteiger partial charge in [-0.3, -0.25) is 4.79 Å². The highest BCUT2D eigenvalue weighted by molar-refractivity contribution is 5.83. The Morgan fingerprint density at radius 3 is 2.50 bits per heavy atom. The Hall–Kier alpha value is -1.06. The van der Waals surface area contributed by atoms with Crippen LogP contribution in [0.2, 0.25) is 0 Å². The summed E-state index contributed by atoms with van der Waals surface area (Å²) in [6.45, 7) is 0.333. The number of carbonyl (C=O) groups excluding carboxylic acids is 1. The molecule has 8 heavy (non-hydrogen) atoms. The van der Waals surface area contributed by atoms with Gasteiger partial charge in [0.1, 0.15) is 0 Å². The molecule has 1 amide bonds. The van der Waals surface area contributed by atoms with Gasteiger partial charge in [-0.2, -0.15) is 0 Å². The average Bonchev–Trinajstić information content (AvgIpc) is 1.63. The molecule has 0 heterocycles. The third-order valence-electron chi connectivity index (χ3n) is 0.345. The molecule has 2 N–H and O–H groups in total. The van der Waals surface area contributed by atoms with Gasteiger partial charge < -0.3 is 10.4 Å². The van der Waals surface area contributed by atoms with Crippen LogP contribution >= 0.6 is 0 Å². The molecule has 0 bridgehead atoms. The van der Waals surface area contributed by atoms with E-state index in [4.69, 9.17) is 6.48 Å². The Kier molecular flexibility index (Phi) is 1.91. The van der Waals surface area contributed by atoms with Gasteiger partial charge >= 0.3 is 5.97 Å². The third kappa shape index (κ3) is 4.94. The molecule has 0 aliphatic rings. The van der Waals surface area contributed by atoms with Crippen LogP contribution in [0.4, 0.5) is 0 Å². The van der Waals surface area contributed by atoms with Crippen LogP contribution in [0.25, 0.3) is 0 Å². The van der Waals surface area contributed by atoms with E-state index in [2.05, 4.69) is 0 Å². The zero-order valence-electron chi connectivity index (χ0n) is 5.26. The lowest BCUT2D eigenvalue weighted by molar-refractivity contribution is -0.135. The SMILES string of the molecule is [2H][C](NC(C)=O)C(=O)O. The van der Waals surface area contributed by atoms with Gasteiger partial charge in [0.15, 0.2) is 6.52 Å². The Balaban J connectivity index is 3.63. The minimum atomic E-state index is -1.44. The summed E-state index contributed by atoms with van der Waals surface area (Å²) in [4.78, 5) is 19.8. The molecule has 0 aliphatic carbocycles. The second-order valence-electron chi connectivity index (χ2n) is 1.11. The molecule has 0 atom stereocenters. The number of carboxylic acid groups (broad SMARTS) is 1. The quantitative estimate of drug-likeness (QED) is 0.506. The van der Waals surface area contributed by atoms with Crippen molar-refractivity contribution in [3.05, 3.63) is 6.52 Å². The number of aliphatic carboxylic acids is 1. The molecule has 45 valence electrons. The van der Waals surface area contributed by atoms with Crippen molar-refractivity contribution >= 4 is 11.9 Å². The van der Waals surface area contributed by atoms with E-state index < -0.39 is 18.4 Å². The van der Waals surface area contributed by atoms with Gasteiger partial charge in [0, 0.05) is 6.92 Å². The minimum absolute atomic E-state index is 0.553. The van der Waals surface area contributed by atoms with Crippen molar-refractivity contribution in [2.75, 3.05) is 0 Å². The molecule has 0 spiro atoms. The lowest BCUT2D eigenvalue weighted by atomic mass is 10.6. The van der Waals surface area contributed by atoms with Gasteiger partial charge in [-0.05, 0) is 0 Å². The third-order valence-corrected chi connectivity index (χ3v) is 0.345. The molecule has 0 fully saturated rings. The smallest absolute Gasteiger partial charge is 0.329 e. The summed E-state index contributed by atoms with van der Waals surface area (Å²) in [5, 5.41) is 9.78. The number of amides is 1. The van der Waals surface area contributed by atoms with Crippen LogP contribution in [0.3, 0.4) is 0 Å². The maximum Gasteiger partial charge on any atom is 0.329 e. The summed E-state index contributed by atoms with van der Waals surface area (Å²) in [6.07, 6.45) is 0. The maximum atomic E-state index is 10.0. The van der Waals surface area contributed by atoms with Crippen LogP contribution < -0.4 is 5.32 Å². The highest BCUT2D eigenvalue weighted by Gasteiger charge is 1.96. The minimum Gasteiger partial charge on any atom is -0.480 e. The Bertz CT molecular complexity index is 136. The van der Waals surface area contributed by atoms with Crippen LogP contribution in [0, 0.1) is 6.52 Å². The fourth-order valence-electron chi connectivity index (χ4n) is 0.141. The molecular weight excluding hydrogens is 110 g/mol. The summed E-state index contributed by atoms with van der Waals surface area (Å²) in [6, 6.07) is 0. The Morgan fingerprint density at radius 2 is 2.38 bits per heavy atom. The summed E-state index contributed by atoms with van der Waals surface area (Å²) >= 11 is 0. The first-order valence-electron chi connectivity index (χ1n) is 2.38. The molecule has 1 radical (unpaired) electrons. The summed E-state index contributed by atoms with van der Waals surface area (Å²) in [5.41, 5.74) is 0. The number of carboxylic acids is 1. The first-order valence-corrected chi connectivity index (χ1v) is 1.88. The first-order chi connectivity index (χ1) is 4.04. The van der Waals surface area contributed by atoms with E-state index in [1.165, 1.54) is 0 Å². The monoisotopic (exact) mass is 117 g/mol. The lowest BCUT2D eigenvalue weighted by Gasteiger charge is -1.91. The van der Waals surface area contributed by atoms with Crippen LogP contribution in [0.15, 0.2) is 0 Å².